The van der Waals surface area contributed by atoms with Gasteiger partial charge in [0, 0.05) is 13.1 Å². The molecule has 17 heavy (non-hydrogen) atoms. The van der Waals surface area contributed by atoms with Crippen LogP contribution in [0.3, 0.4) is 0 Å². The molecule has 86 valence electrons. The molecule has 0 unspecified atom stereocenters. The molecule has 2 aromatic carbocycles. The molecule has 0 bridgehead atoms. The Morgan fingerprint density at radius 3 is 1.94 bits per heavy atom. The molecule has 1 N–H and O–H groups in total. The van der Waals surface area contributed by atoms with Gasteiger partial charge in [-0.1, -0.05) is 54.6 Å². The molecular weight excluding hydrogens is 213 g/mol. The standard InChI is InChI=1S/C15H14FN/c16-15(10-17-11-15)14-8-6-13(7-9-14)12-4-2-1-3-5-12/h1-9,17H,10-11H2. The summed E-state index contributed by atoms with van der Waals surface area (Å²) in [7, 11) is 0. The monoisotopic (exact) mass is 227 g/mol. The zero-order chi connectivity index (χ0) is 11.7. The third-order valence-corrected chi connectivity index (χ3v) is 3.32. The maximum Gasteiger partial charge on any atom is 0.160 e. The Kier molecular flexibility index (Phi) is 2.45. The van der Waals surface area contributed by atoms with Crippen LogP contribution in [0, 0.1) is 0 Å². The molecule has 0 saturated carbocycles. The number of rotatable bonds is 2. The largest absolute Gasteiger partial charge is 0.310 e. The Labute approximate surface area is 100 Å². The Hall–Kier alpha value is -1.67. The molecule has 1 nitrogen and oxygen atoms in total. The first kappa shape index (κ1) is 10.5. The first-order valence-corrected chi connectivity index (χ1v) is 5.84. The van der Waals surface area contributed by atoms with Crippen molar-refractivity contribution in [2.45, 2.75) is 5.67 Å². The fraction of sp³-hybridized carbons (Fsp3) is 0.200. The van der Waals surface area contributed by atoms with Gasteiger partial charge in [-0.2, -0.15) is 0 Å². The van der Waals surface area contributed by atoms with Crippen molar-refractivity contribution in [3.05, 3.63) is 60.2 Å². The van der Waals surface area contributed by atoms with Crippen LogP contribution in [0.5, 0.6) is 0 Å². The zero-order valence-electron chi connectivity index (χ0n) is 9.49. The molecule has 1 heterocycles. The van der Waals surface area contributed by atoms with E-state index in [-0.39, 0.29) is 0 Å². The minimum Gasteiger partial charge on any atom is -0.310 e. The number of benzene rings is 2. The van der Waals surface area contributed by atoms with Crippen molar-refractivity contribution in [3.63, 3.8) is 0 Å². The quantitative estimate of drug-likeness (QED) is 0.831. The van der Waals surface area contributed by atoms with Crippen LogP contribution in [0.25, 0.3) is 11.1 Å². The van der Waals surface area contributed by atoms with E-state index in [0.717, 1.165) is 11.1 Å². The number of hydrogen-bond acceptors (Lipinski definition) is 1. The van der Waals surface area contributed by atoms with Gasteiger partial charge in [0.2, 0.25) is 0 Å². The van der Waals surface area contributed by atoms with E-state index in [1.807, 2.05) is 42.5 Å². The summed E-state index contributed by atoms with van der Waals surface area (Å²) in [6.07, 6.45) is 0. The average Bonchev–Trinajstić information content (AvgIpc) is 2.37. The predicted molar refractivity (Wildman–Crippen MR) is 67.5 cm³/mol. The highest BCUT2D eigenvalue weighted by Gasteiger charge is 2.38. The van der Waals surface area contributed by atoms with Gasteiger partial charge in [-0.05, 0) is 16.7 Å². The van der Waals surface area contributed by atoms with E-state index >= 15 is 0 Å². The zero-order valence-corrected chi connectivity index (χ0v) is 9.49. The Morgan fingerprint density at radius 2 is 1.41 bits per heavy atom. The van der Waals surface area contributed by atoms with E-state index in [0.29, 0.717) is 13.1 Å². The lowest BCUT2D eigenvalue weighted by Gasteiger charge is -2.35. The third kappa shape index (κ3) is 1.85. The van der Waals surface area contributed by atoms with Crippen LogP contribution < -0.4 is 5.32 Å². The van der Waals surface area contributed by atoms with E-state index in [2.05, 4.69) is 17.4 Å². The molecule has 1 fully saturated rings. The normalized spacial score (nSPS) is 17.5. The van der Waals surface area contributed by atoms with Crippen LogP contribution in [-0.2, 0) is 5.67 Å². The van der Waals surface area contributed by atoms with E-state index in [1.54, 1.807) is 0 Å². The topological polar surface area (TPSA) is 12.0 Å². The fourth-order valence-electron chi connectivity index (χ4n) is 2.14. The highest BCUT2D eigenvalue weighted by Crippen LogP contribution is 2.31. The molecule has 0 aromatic heterocycles. The molecule has 2 heteroatoms. The van der Waals surface area contributed by atoms with E-state index in [4.69, 9.17) is 0 Å². The molecule has 0 amide bonds. The summed E-state index contributed by atoms with van der Waals surface area (Å²) < 4.78 is 14.1. The summed E-state index contributed by atoms with van der Waals surface area (Å²) in [6.45, 7) is 0.857. The van der Waals surface area contributed by atoms with Gasteiger partial charge in [-0.3, -0.25) is 0 Å². The van der Waals surface area contributed by atoms with Crippen LogP contribution in [0.15, 0.2) is 54.6 Å². The summed E-state index contributed by atoms with van der Waals surface area (Å²) in [6, 6.07) is 17.9. The molecule has 0 atom stereocenters. The highest BCUT2D eigenvalue weighted by atomic mass is 19.1. The lowest BCUT2D eigenvalue weighted by molar-refractivity contribution is 0.0892. The maximum atomic E-state index is 14.1. The molecule has 3 rings (SSSR count). The number of alkyl halides is 1. The van der Waals surface area contributed by atoms with Crippen LogP contribution in [-0.4, -0.2) is 13.1 Å². The summed E-state index contributed by atoms with van der Waals surface area (Å²) in [5.74, 6) is 0. The van der Waals surface area contributed by atoms with E-state index in [9.17, 15) is 4.39 Å². The van der Waals surface area contributed by atoms with Gasteiger partial charge >= 0.3 is 0 Å². The van der Waals surface area contributed by atoms with E-state index < -0.39 is 5.67 Å². The van der Waals surface area contributed by atoms with E-state index in [1.165, 1.54) is 5.56 Å². The van der Waals surface area contributed by atoms with Crippen molar-refractivity contribution in [2.24, 2.45) is 0 Å². The lowest BCUT2D eigenvalue weighted by atomic mass is 9.89. The van der Waals surface area contributed by atoms with Gasteiger partial charge in [0.1, 0.15) is 0 Å². The second kappa shape index (κ2) is 3.97. The Morgan fingerprint density at radius 1 is 0.824 bits per heavy atom. The summed E-state index contributed by atoms with van der Waals surface area (Å²) in [5, 5.41) is 2.97. The van der Waals surface area contributed by atoms with Crippen molar-refractivity contribution < 1.29 is 4.39 Å². The van der Waals surface area contributed by atoms with Gasteiger partial charge in [0.15, 0.2) is 5.67 Å². The minimum atomic E-state index is -1.16. The Bertz CT molecular complexity index is 500. The second-order valence-electron chi connectivity index (χ2n) is 4.51. The minimum absolute atomic E-state index is 0.428. The van der Waals surface area contributed by atoms with Gasteiger partial charge in [-0.15, -0.1) is 0 Å². The van der Waals surface area contributed by atoms with Crippen LogP contribution in [0.1, 0.15) is 5.56 Å². The van der Waals surface area contributed by atoms with Crippen molar-refractivity contribution in [3.8, 4) is 11.1 Å². The van der Waals surface area contributed by atoms with Gasteiger partial charge in [0.25, 0.3) is 0 Å². The van der Waals surface area contributed by atoms with Gasteiger partial charge < -0.3 is 5.32 Å². The summed E-state index contributed by atoms with van der Waals surface area (Å²) in [4.78, 5) is 0. The first-order valence-electron chi connectivity index (χ1n) is 5.84. The number of nitrogens with one attached hydrogen (secondary N) is 1. The smallest absolute Gasteiger partial charge is 0.160 e. The van der Waals surface area contributed by atoms with Gasteiger partial charge in [0.05, 0.1) is 0 Å². The fourth-order valence-corrected chi connectivity index (χ4v) is 2.14. The molecule has 1 saturated heterocycles. The number of hydrogen-bond donors (Lipinski definition) is 1. The summed E-state index contributed by atoms with van der Waals surface area (Å²) >= 11 is 0. The molecular formula is C15H14FN. The van der Waals surface area contributed by atoms with Crippen molar-refractivity contribution in [1.29, 1.82) is 0 Å². The van der Waals surface area contributed by atoms with Gasteiger partial charge in [-0.25, -0.2) is 4.39 Å². The molecule has 0 aliphatic carbocycles. The molecule has 0 radical (unpaired) electrons. The van der Waals surface area contributed by atoms with Crippen molar-refractivity contribution in [1.82, 2.24) is 5.32 Å². The first-order chi connectivity index (χ1) is 8.28. The van der Waals surface area contributed by atoms with Crippen LogP contribution in [0.4, 0.5) is 4.39 Å². The molecule has 2 aromatic rings. The Balaban J connectivity index is 1.90. The van der Waals surface area contributed by atoms with Crippen LogP contribution >= 0.6 is 0 Å². The average molecular weight is 227 g/mol. The van der Waals surface area contributed by atoms with Crippen molar-refractivity contribution in [2.75, 3.05) is 13.1 Å². The molecule has 0 spiro atoms. The third-order valence-electron chi connectivity index (χ3n) is 3.32. The molecule has 1 aliphatic rings. The SMILES string of the molecule is FC1(c2ccc(-c3ccccc3)cc2)CNC1. The summed E-state index contributed by atoms with van der Waals surface area (Å²) in [5.41, 5.74) is 1.91. The molecule has 1 aliphatic heterocycles. The lowest BCUT2D eigenvalue weighted by Crippen LogP contribution is -2.53. The second-order valence-corrected chi connectivity index (χ2v) is 4.51. The predicted octanol–water partition coefficient (Wildman–Crippen LogP) is 3.12. The van der Waals surface area contributed by atoms with Crippen LogP contribution in [0.2, 0.25) is 0 Å². The maximum absolute atomic E-state index is 14.1. The highest BCUT2D eigenvalue weighted by molar-refractivity contribution is 5.63. The van der Waals surface area contributed by atoms with Crippen molar-refractivity contribution >= 4 is 0 Å². The number of halogens is 1.